The van der Waals surface area contributed by atoms with Gasteiger partial charge in [0.05, 0.1) is 18.4 Å². The van der Waals surface area contributed by atoms with Gasteiger partial charge in [-0.1, -0.05) is 11.8 Å². The van der Waals surface area contributed by atoms with E-state index in [1.807, 2.05) is 35.9 Å². The number of methoxy groups -OCH3 is 1. The standard InChI is InChI=1S/C21H23N5O3S2/c1-26-19(12-7-9-13(29-2)10-8-12)24-25-21(26)30-11-16(27)23-20-17(18(22)28)14-5-3-4-6-15(14)31-20/h7-10H,3-6,11H2,1-2H3,(H2,22,28)(H,23,27). The van der Waals surface area contributed by atoms with Crippen LogP contribution < -0.4 is 15.8 Å². The lowest BCUT2D eigenvalue weighted by molar-refractivity contribution is -0.113. The van der Waals surface area contributed by atoms with Gasteiger partial charge >= 0.3 is 0 Å². The second kappa shape index (κ2) is 9.11. The minimum absolute atomic E-state index is 0.148. The number of aryl methyl sites for hydroxylation is 1. The Hall–Kier alpha value is -2.85. The Morgan fingerprint density at radius 3 is 2.68 bits per heavy atom. The van der Waals surface area contributed by atoms with Crippen LogP contribution in [0.2, 0.25) is 0 Å². The summed E-state index contributed by atoms with van der Waals surface area (Å²) >= 11 is 2.75. The third-order valence-electron chi connectivity index (χ3n) is 5.19. The number of nitrogens with zero attached hydrogens (tertiary/aromatic N) is 3. The van der Waals surface area contributed by atoms with Crippen molar-refractivity contribution in [3.8, 4) is 17.1 Å². The molecule has 0 radical (unpaired) electrons. The molecular formula is C21H23N5O3S2. The van der Waals surface area contributed by atoms with Gasteiger partial charge in [0, 0.05) is 17.5 Å². The van der Waals surface area contributed by atoms with Crippen LogP contribution >= 0.6 is 23.1 Å². The summed E-state index contributed by atoms with van der Waals surface area (Å²) in [5.74, 6) is 0.921. The van der Waals surface area contributed by atoms with Crippen molar-refractivity contribution in [2.75, 3.05) is 18.2 Å². The highest BCUT2D eigenvalue weighted by Crippen LogP contribution is 2.38. The minimum atomic E-state index is -0.486. The molecule has 0 atom stereocenters. The predicted octanol–water partition coefficient (Wildman–Crippen LogP) is 3.26. The molecule has 0 saturated carbocycles. The van der Waals surface area contributed by atoms with E-state index in [9.17, 15) is 9.59 Å². The van der Waals surface area contributed by atoms with Crippen LogP contribution in [0, 0.1) is 0 Å². The van der Waals surface area contributed by atoms with Gasteiger partial charge in [-0.25, -0.2) is 0 Å². The molecule has 31 heavy (non-hydrogen) atoms. The van der Waals surface area contributed by atoms with Crippen molar-refractivity contribution in [2.45, 2.75) is 30.8 Å². The van der Waals surface area contributed by atoms with Crippen LogP contribution in [0.5, 0.6) is 5.75 Å². The zero-order valence-electron chi connectivity index (χ0n) is 17.3. The van der Waals surface area contributed by atoms with Crippen molar-refractivity contribution in [1.82, 2.24) is 14.8 Å². The van der Waals surface area contributed by atoms with Crippen LogP contribution in [0.1, 0.15) is 33.6 Å². The maximum Gasteiger partial charge on any atom is 0.251 e. The molecule has 0 bridgehead atoms. The van der Waals surface area contributed by atoms with Crippen molar-refractivity contribution in [3.05, 3.63) is 40.3 Å². The predicted molar refractivity (Wildman–Crippen MR) is 122 cm³/mol. The maximum atomic E-state index is 12.6. The van der Waals surface area contributed by atoms with E-state index in [-0.39, 0.29) is 11.7 Å². The second-order valence-electron chi connectivity index (χ2n) is 7.21. The summed E-state index contributed by atoms with van der Waals surface area (Å²) < 4.78 is 7.03. The molecule has 2 heterocycles. The number of carbonyl (C=O) groups excluding carboxylic acids is 2. The Kier molecular flexibility index (Phi) is 6.28. The Morgan fingerprint density at radius 1 is 1.23 bits per heavy atom. The van der Waals surface area contributed by atoms with Crippen molar-refractivity contribution in [1.29, 1.82) is 0 Å². The van der Waals surface area contributed by atoms with Gasteiger partial charge in [-0.15, -0.1) is 21.5 Å². The molecule has 3 aromatic rings. The number of rotatable bonds is 7. The van der Waals surface area contributed by atoms with Crippen LogP contribution in [0.25, 0.3) is 11.4 Å². The van der Waals surface area contributed by atoms with E-state index >= 15 is 0 Å². The Balaban J connectivity index is 1.43. The number of benzene rings is 1. The molecule has 2 amide bonds. The second-order valence-corrected chi connectivity index (χ2v) is 9.26. The molecule has 0 spiro atoms. The number of ether oxygens (including phenoxy) is 1. The van der Waals surface area contributed by atoms with E-state index in [0.29, 0.717) is 21.5 Å². The lowest BCUT2D eigenvalue weighted by atomic mass is 9.95. The fraction of sp³-hybridized carbons (Fsp3) is 0.333. The number of nitrogens with one attached hydrogen (secondary N) is 1. The average molecular weight is 458 g/mol. The van der Waals surface area contributed by atoms with Crippen molar-refractivity contribution < 1.29 is 14.3 Å². The van der Waals surface area contributed by atoms with Crippen LogP contribution in [0.15, 0.2) is 29.4 Å². The van der Waals surface area contributed by atoms with Crippen LogP contribution in [-0.4, -0.2) is 39.4 Å². The zero-order chi connectivity index (χ0) is 22.0. The topological polar surface area (TPSA) is 112 Å². The van der Waals surface area contributed by atoms with Crippen molar-refractivity contribution in [3.63, 3.8) is 0 Å². The number of anilines is 1. The number of hydrogen-bond acceptors (Lipinski definition) is 7. The fourth-order valence-corrected chi connectivity index (χ4v) is 5.66. The molecule has 0 fully saturated rings. The number of hydrogen-bond donors (Lipinski definition) is 2. The van der Waals surface area contributed by atoms with Gasteiger partial charge in [0.2, 0.25) is 5.91 Å². The molecule has 2 aromatic heterocycles. The molecule has 1 aromatic carbocycles. The first-order chi connectivity index (χ1) is 15.0. The third kappa shape index (κ3) is 4.45. The van der Waals surface area contributed by atoms with Crippen LogP contribution in [0.3, 0.4) is 0 Å². The highest BCUT2D eigenvalue weighted by atomic mass is 32.2. The summed E-state index contributed by atoms with van der Waals surface area (Å²) in [4.78, 5) is 25.7. The average Bonchev–Trinajstić information content (AvgIpc) is 3.32. The molecule has 0 aliphatic heterocycles. The summed E-state index contributed by atoms with van der Waals surface area (Å²) in [7, 11) is 3.48. The molecule has 10 heteroatoms. The molecule has 1 aliphatic carbocycles. The molecule has 0 unspecified atom stereocenters. The number of nitrogens with two attached hydrogens (primary N) is 1. The zero-order valence-corrected chi connectivity index (χ0v) is 18.9. The summed E-state index contributed by atoms with van der Waals surface area (Å²) in [6.07, 6.45) is 3.90. The van der Waals surface area contributed by atoms with Gasteiger partial charge < -0.3 is 20.4 Å². The molecule has 4 rings (SSSR count). The minimum Gasteiger partial charge on any atom is -0.497 e. The van der Waals surface area contributed by atoms with Gasteiger partial charge in [-0.05, 0) is 55.5 Å². The smallest absolute Gasteiger partial charge is 0.251 e. The fourth-order valence-electron chi connectivity index (χ4n) is 3.64. The highest BCUT2D eigenvalue weighted by molar-refractivity contribution is 7.99. The lowest BCUT2D eigenvalue weighted by Gasteiger charge is -2.11. The number of aromatic nitrogens is 3. The number of fused-ring (bicyclic) bond motifs is 1. The first kappa shape index (κ1) is 21.4. The van der Waals surface area contributed by atoms with Crippen LogP contribution in [0.4, 0.5) is 5.00 Å². The molecule has 8 nitrogen and oxygen atoms in total. The van der Waals surface area contributed by atoms with E-state index in [1.54, 1.807) is 7.11 Å². The van der Waals surface area contributed by atoms with E-state index in [1.165, 1.54) is 23.1 Å². The van der Waals surface area contributed by atoms with E-state index in [4.69, 9.17) is 10.5 Å². The van der Waals surface area contributed by atoms with Gasteiger partial charge in [0.25, 0.3) is 5.91 Å². The Bertz CT molecular complexity index is 1120. The van der Waals surface area contributed by atoms with E-state index in [2.05, 4.69) is 15.5 Å². The Labute approximate surface area is 188 Å². The molecule has 1 aliphatic rings. The van der Waals surface area contributed by atoms with Gasteiger partial charge in [-0.3, -0.25) is 9.59 Å². The quantitative estimate of drug-likeness (QED) is 0.527. The van der Waals surface area contributed by atoms with E-state index < -0.39 is 5.91 Å². The summed E-state index contributed by atoms with van der Waals surface area (Å²) in [6.45, 7) is 0. The van der Waals surface area contributed by atoms with Gasteiger partial charge in [0.15, 0.2) is 11.0 Å². The van der Waals surface area contributed by atoms with Crippen LogP contribution in [-0.2, 0) is 24.7 Å². The summed E-state index contributed by atoms with van der Waals surface area (Å²) in [6, 6.07) is 7.55. The summed E-state index contributed by atoms with van der Waals surface area (Å²) in [5.41, 5.74) is 7.98. The number of thioether (sulfide) groups is 1. The largest absolute Gasteiger partial charge is 0.497 e. The first-order valence-electron chi connectivity index (χ1n) is 9.88. The van der Waals surface area contributed by atoms with E-state index in [0.717, 1.165) is 47.4 Å². The first-order valence-corrected chi connectivity index (χ1v) is 11.7. The SMILES string of the molecule is COc1ccc(-c2nnc(SCC(=O)Nc3sc4c(c3C(N)=O)CCCC4)n2C)cc1. The Morgan fingerprint density at radius 2 is 1.97 bits per heavy atom. The number of amides is 2. The third-order valence-corrected chi connectivity index (χ3v) is 7.41. The molecular weight excluding hydrogens is 434 g/mol. The number of thiophene rings is 1. The number of primary amides is 1. The monoisotopic (exact) mass is 457 g/mol. The normalized spacial score (nSPS) is 13.0. The highest BCUT2D eigenvalue weighted by Gasteiger charge is 2.25. The molecule has 0 saturated heterocycles. The molecule has 3 N–H and O–H groups in total. The lowest BCUT2D eigenvalue weighted by Crippen LogP contribution is -2.19. The van der Waals surface area contributed by atoms with Crippen molar-refractivity contribution in [2.24, 2.45) is 12.8 Å². The van der Waals surface area contributed by atoms with Gasteiger partial charge in [0.1, 0.15) is 10.8 Å². The number of carbonyl (C=O) groups is 2. The molecule has 162 valence electrons. The van der Waals surface area contributed by atoms with Gasteiger partial charge in [-0.2, -0.15) is 0 Å². The summed E-state index contributed by atoms with van der Waals surface area (Å²) in [5, 5.41) is 12.5. The maximum absolute atomic E-state index is 12.6. The van der Waals surface area contributed by atoms with Crippen molar-refractivity contribution >= 4 is 39.9 Å².